The smallest absolute Gasteiger partial charge is 0.263 e. The molecule has 2 aromatic heterocycles. The average Bonchev–Trinajstić information content (AvgIpc) is 3.24. The number of hydrogen-bond acceptors (Lipinski definition) is 7. The van der Waals surface area contributed by atoms with Crippen LogP contribution >= 0.6 is 22.9 Å². The van der Waals surface area contributed by atoms with Gasteiger partial charge in [0, 0.05) is 17.5 Å². The maximum atomic E-state index is 12.7. The van der Waals surface area contributed by atoms with Crippen molar-refractivity contribution in [3.8, 4) is 0 Å². The lowest BCUT2D eigenvalue weighted by Crippen LogP contribution is -2.39. The lowest BCUT2D eigenvalue weighted by Gasteiger charge is -2.24. The fraction of sp³-hybridized carbons (Fsp3) is 0.458. The lowest BCUT2D eigenvalue weighted by molar-refractivity contribution is -0.116. The minimum absolute atomic E-state index is 0.0618. The van der Waals surface area contributed by atoms with Crippen molar-refractivity contribution in [2.75, 3.05) is 10.6 Å². The summed E-state index contributed by atoms with van der Waals surface area (Å²) in [5, 5.41) is 10.0. The number of amides is 2. The second-order valence-corrected chi connectivity index (χ2v) is 9.77. The Kier molecular flexibility index (Phi) is 9.59. The standard InChI is InChI=1S/C24H31ClN6O2S/c1-4-5-6-7-8-12-21(32)29-19-13-20(28-16(3)27-19)30-24-26-14-18(34-24)23(33)31-22-15(2)10-9-11-17(22)25/h9-11,13-15,22H,4-8,12H2,1-3H3,(H,31,33)(H2,26,27,28,29,30,32). The van der Waals surface area contributed by atoms with Gasteiger partial charge in [0.25, 0.3) is 5.91 Å². The van der Waals surface area contributed by atoms with E-state index >= 15 is 0 Å². The summed E-state index contributed by atoms with van der Waals surface area (Å²) >= 11 is 7.47. The number of halogens is 1. The number of nitrogens with one attached hydrogen (secondary N) is 3. The molecule has 2 heterocycles. The van der Waals surface area contributed by atoms with Gasteiger partial charge in [0.15, 0.2) is 5.13 Å². The molecule has 34 heavy (non-hydrogen) atoms. The maximum Gasteiger partial charge on any atom is 0.263 e. The molecule has 0 aromatic carbocycles. The fourth-order valence-corrected chi connectivity index (χ4v) is 4.59. The van der Waals surface area contributed by atoms with Crippen LogP contribution < -0.4 is 16.0 Å². The van der Waals surface area contributed by atoms with E-state index in [1.807, 2.05) is 19.1 Å². The molecular weight excluding hydrogens is 472 g/mol. The molecule has 2 amide bonds. The molecule has 0 radical (unpaired) electrons. The summed E-state index contributed by atoms with van der Waals surface area (Å²) in [6, 6.07) is 1.39. The van der Waals surface area contributed by atoms with Crippen molar-refractivity contribution < 1.29 is 9.59 Å². The quantitative estimate of drug-likeness (QED) is 0.339. The first-order valence-corrected chi connectivity index (χ1v) is 12.8. The normalized spacial score (nSPS) is 17.2. The van der Waals surface area contributed by atoms with E-state index in [1.165, 1.54) is 30.4 Å². The first-order valence-electron chi connectivity index (χ1n) is 11.6. The molecule has 1 aliphatic rings. The summed E-state index contributed by atoms with van der Waals surface area (Å²) in [4.78, 5) is 38.3. The van der Waals surface area contributed by atoms with Crippen LogP contribution in [0.4, 0.5) is 16.8 Å². The van der Waals surface area contributed by atoms with Gasteiger partial charge < -0.3 is 16.0 Å². The number of nitrogens with zero attached hydrogens (tertiary/aromatic N) is 3. The van der Waals surface area contributed by atoms with Gasteiger partial charge in [-0.3, -0.25) is 9.59 Å². The van der Waals surface area contributed by atoms with E-state index < -0.39 is 0 Å². The molecule has 3 rings (SSSR count). The topological polar surface area (TPSA) is 109 Å². The van der Waals surface area contributed by atoms with Crippen LogP contribution in [0.5, 0.6) is 0 Å². The summed E-state index contributed by atoms with van der Waals surface area (Å²) in [6.45, 7) is 5.92. The monoisotopic (exact) mass is 502 g/mol. The number of carbonyl (C=O) groups excluding carboxylic acids is 2. The van der Waals surface area contributed by atoms with Gasteiger partial charge in [0.05, 0.1) is 12.2 Å². The molecule has 2 unspecified atom stereocenters. The van der Waals surface area contributed by atoms with Crippen LogP contribution in [0, 0.1) is 12.8 Å². The highest BCUT2D eigenvalue weighted by molar-refractivity contribution is 7.17. The molecule has 0 aliphatic heterocycles. The number of thiazole rings is 1. The van der Waals surface area contributed by atoms with E-state index in [0.29, 0.717) is 38.9 Å². The molecule has 8 nitrogen and oxygen atoms in total. The molecule has 0 saturated carbocycles. The van der Waals surface area contributed by atoms with Gasteiger partial charge in [-0.05, 0) is 25.3 Å². The van der Waals surface area contributed by atoms with Crippen molar-refractivity contribution in [3.63, 3.8) is 0 Å². The van der Waals surface area contributed by atoms with Gasteiger partial charge in [0.2, 0.25) is 5.91 Å². The molecule has 2 atom stereocenters. The van der Waals surface area contributed by atoms with E-state index in [4.69, 9.17) is 11.6 Å². The van der Waals surface area contributed by atoms with Crippen LogP contribution in [-0.2, 0) is 4.79 Å². The van der Waals surface area contributed by atoms with Gasteiger partial charge in [-0.1, -0.05) is 74.6 Å². The molecule has 0 saturated heterocycles. The van der Waals surface area contributed by atoms with Crippen LogP contribution in [0.1, 0.15) is 67.9 Å². The van der Waals surface area contributed by atoms with Crippen molar-refractivity contribution >= 4 is 51.5 Å². The molecule has 3 N–H and O–H groups in total. The molecular formula is C24H31ClN6O2S. The van der Waals surface area contributed by atoms with Gasteiger partial charge in [0.1, 0.15) is 22.3 Å². The summed E-state index contributed by atoms with van der Waals surface area (Å²) in [6.07, 6.45) is 13.1. The largest absolute Gasteiger partial charge is 0.343 e. The first-order chi connectivity index (χ1) is 16.4. The highest BCUT2D eigenvalue weighted by Crippen LogP contribution is 2.25. The Balaban J connectivity index is 1.57. The Morgan fingerprint density at radius 1 is 1.15 bits per heavy atom. The fourth-order valence-electron chi connectivity index (χ4n) is 3.54. The third-order valence-electron chi connectivity index (χ3n) is 5.36. The summed E-state index contributed by atoms with van der Waals surface area (Å²) in [5.41, 5.74) is 0. The van der Waals surface area contributed by atoms with Crippen LogP contribution in [0.25, 0.3) is 0 Å². The Morgan fingerprint density at radius 3 is 2.68 bits per heavy atom. The molecule has 2 aromatic rings. The minimum atomic E-state index is -0.264. The van der Waals surface area contributed by atoms with Crippen molar-refractivity contribution in [2.45, 2.75) is 65.3 Å². The van der Waals surface area contributed by atoms with E-state index in [-0.39, 0.29) is 23.8 Å². The predicted molar refractivity (Wildman–Crippen MR) is 138 cm³/mol. The van der Waals surface area contributed by atoms with E-state index in [9.17, 15) is 9.59 Å². The van der Waals surface area contributed by atoms with E-state index in [2.05, 4.69) is 37.8 Å². The van der Waals surface area contributed by atoms with Crippen LogP contribution in [0.3, 0.4) is 0 Å². The van der Waals surface area contributed by atoms with E-state index in [0.717, 1.165) is 19.3 Å². The van der Waals surface area contributed by atoms with Crippen molar-refractivity contribution in [1.29, 1.82) is 0 Å². The highest BCUT2D eigenvalue weighted by atomic mass is 35.5. The predicted octanol–water partition coefficient (Wildman–Crippen LogP) is 5.71. The third-order valence-corrected chi connectivity index (χ3v) is 6.63. The van der Waals surface area contributed by atoms with Crippen LogP contribution in [-0.4, -0.2) is 32.8 Å². The molecule has 0 spiro atoms. The maximum absolute atomic E-state index is 12.7. The number of unbranched alkanes of at least 4 members (excludes halogenated alkanes) is 4. The van der Waals surface area contributed by atoms with Crippen molar-refractivity contribution in [3.05, 3.63) is 46.2 Å². The number of rotatable bonds is 11. The number of anilines is 3. The third kappa shape index (κ3) is 7.63. The zero-order chi connectivity index (χ0) is 24.5. The summed E-state index contributed by atoms with van der Waals surface area (Å²) in [5.74, 6) is 1.23. The zero-order valence-electron chi connectivity index (χ0n) is 19.7. The molecule has 182 valence electrons. The SMILES string of the molecule is CCCCCCCC(=O)Nc1cc(Nc2ncc(C(=O)NC3C(Cl)=CC=CC3C)s2)nc(C)n1. The van der Waals surface area contributed by atoms with Crippen molar-refractivity contribution in [1.82, 2.24) is 20.3 Å². The zero-order valence-corrected chi connectivity index (χ0v) is 21.3. The molecule has 10 heteroatoms. The molecule has 0 fully saturated rings. The average molecular weight is 503 g/mol. The Hall–Kier alpha value is -2.78. The first kappa shape index (κ1) is 25.8. The Morgan fingerprint density at radius 2 is 1.91 bits per heavy atom. The van der Waals surface area contributed by atoms with Crippen LogP contribution in [0.15, 0.2) is 35.5 Å². The van der Waals surface area contributed by atoms with Crippen LogP contribution in [0.2, 0.25) is 0 Å². The van der Waals surface area contributed by atoms with Gasteiger partial charge in [-0.2, -0.15) is 0 Å². The number of allylic oxidation sites excluding steroid dienone is 2. The minimum Gasteiger partial charge on any atom is -0.343 e. The van der Waals surface area contributed by atoms with E-state index in [1.54, 1.807) is 19.1 Å². The van der Waals surface area contributed by atoms with Gasteiger partial charge in [-0.25, -0.2) is 15.0 Å². The molecule has 0 bridgehead atoms. The second-order valence-electron chi connectivity index (χ2n) is 8.30. The number of hydrogen-bond donors (Lipinski definition) is 3. The second kappa shape index (κ2) is 12.6. The summed E-state index contributed by atoms with van der Waals surface area (Å²) in [7, 11) is 0. The Labute approximate surface area is 209 Å². The van der Waals surface area contributed by atoms with Gasteiger partial charge >= 0.3 is 0 Å². The van der Waals surface area contributed by atoms with Gasteiger partial charge in [-0.15, -0.1) is 0 Å². The summed E-state index contributed by atoms with van der Waals surface area (Å²) < 4.78 is 0. The highest BCUT2D eigenvalue weighted by Gasteiger charge is 2.24. The lowest BCUT2D eigenvalue weighted by atomic mass is 9.97. The number of aryl methyl sites for hydroxylation is 1. The Bertz CT molecular complexity index is 1070. The van der Waals surface area contributed by atoms with Crippen molar-refractivity contribution in [2.24, 2.45) is 5.92 Å². The molecule has 1 aliphatic carbocycles. The number of carbonyl (C=O) groups is 2. The number of aromatic nitrogens is 3.